The summed E-state index contributed by atoms with van der Waals surface area (Å²) in [5.74, 6) is 1.25. The molecule has 1 saturated carbocycles. The minimum atomic E-state index is 0.161. The summed E-state index contributed by atoms with van der Waals surface area (Å²) < 4.78 is 10.9. The summed E-state index contributed by atoms with van der Waals surface area (Å²) in [4.78, 5) is 17.8. The first kappa shape index (κ1) is 22.6. The third-order valence-electron chi connectivity index (χ3n) is 7.50. The normalized spacial score (nSPS) is 24.5. The van der Waals surface area contributed by atoms with Gasteiger partial charge in [-0.1, -0.05) is 31.4 Å². The van der Waals surface area contributed by atoms with Crippen LogP contribution in [0.2, 0.25) is 0 Å². The Kier molecular flexibility index (Phi) is 7.86. The van der Waals surface area contributed by atoms with Crippen molar-refractivity contribution in [3.05, 3.63) is 29.8 Å². The fourth-order valence-electron chi connectivity index (χ4n) is 5.73. The molecule has 1 atom stereocenters. The molecule has 3 fully saturated rings. The topological polar surface area (TPSA) is 54.0 Å². The van der Waals surface area contributed by atoms with E-state index >= 15 is 0 Å². The number of morpholine rings is 1. The van der Waals surface area contributed by atoms with Crippen molar-refractivity contribution in [2.24, 2.45) is 0 Å². The molecule has 172 valence electrons. The summed E-state index contributed by atoms with van der Waals surface area (Å²) in [5, 5.41) is 3.57. The number of nitrogens with zero attached hydrogens (tertiary/aromatic N) is 2. The highest BCUT2D eigenvalue weighted by molar-refractivity contribution is 5.78. The Morgan fingerprint density at radius 3 is 2.77 bits per heavy atom. The van der Waals surface area contributed by atoms with Crippen LogP contribution in [-0.4, -0.2) is 73.8 Å². The predicted molar refractivity (Wildman–Crippen MR) is 122 cm³/mol. The van der Waals surface area contributed by atoms with E-state index in [2.05, 4.69) is 27.2 Å². The summed E-state index contributed by atoms with van der Waals surface area (Å²) >= 11 is 0. The first-order valence-corrected chi connectivity index (χ1v) is 12.2. The lowest BCUT2D eigenvalue weighted by Crippen LogP contribution is -2.60. The van der Waals surface area contributed by atoms with Gasteiger partial charge in [0.05, 0.1) is 20.3 Å². The maximum absolute atomic E-state index is 12.9. The highest BCUT2D eigenvalue weighted by Gasteiger charge is 2.43. The molecule has 4 rings (SSSR count). The van der Waals surface area contributed by atoms with E-state index in [1.807, 2.05) is 12.1 Å². The van der Waals surface area contributed by atoms with Gasteiger partial charge in [-0.15, -0.1) is 0 Å². The van der Waals surface area contributed by atoms with E-state index in [1.165, 1.54) is 37.7 Å². The summed E-state index contributed by atoms with van der Waals surface area (Å²) in [7, 11) is 1.70. The van der Waals surface area contributed by atoms with E-state index in [4.69, 9.17) is 9.47 Å². The van der Waals surface area contributed by atoms with Crippen LogP contribution >= 0.6 is 0 Å². The molecule has 1 N–H and O–H groups in total. The van der Waals surface area contributed by atoms with Gasteiger partial charge in [0, 0.05) is 44.2 Å². The van der Waals surface area contributed by atoms with Crippen LogP contribution < -0.4 is 10.1 Å². The van der Waals surface area contributed by atoms with Crippen LogP contribution in [0, 0.1) is 0 Å². The Morgan fingerprint density at radius 1 is 1.19 bits per heavy atom. The summed E-state index contributed by atoms with van der Waals surface area (Å²) in [6.07, 6.45) is 9.07. The van der Waals surface area contributed by atoms with Gasteiger partial charge in [0.2, 0.25) is 5.91 Å². The van der Waals surface area contributed by atoms with Gasteiger partial charge in [-0.3, -0.25) is 9.69 Å². The van der Waals surface area contributed by atoms with Crippen molar-refractivity contribution in [1.29, 1.82) is 0 Å². The van der Waals surface area contributed by atoms with Crippen LogP contribution in [0.5, 0.6) is 5.75 Å². The number of benzene rings is 1. The molecule has 6 heteroatoms. The fourth-order valence-corrected chi connectivity index (χ4v) is 5.73. The molecule has 0 radical (unpaired) electrons. The smallest absolute Gasteiger partial charge is 0.222 e. The van der Waals surface area contributed by atoms with Crippen LogP contribution in [0.4, 0.5) is 0 Å². The van der Waals surface area contributed by atoms with Crippen molar-refractivity contribution in [2.45, 2.75) is 69.5 Å². The largest absolute Gasteiger partial charge is 0.497 e. The average Bonchev–Trinajstić information content (AvgIpc) is 3.17. The quantitative estimate of drug-likeness (QED) is 0.611. The number of carbonyl (C=O) groups is 1. The highest BCUT2D eigenvalue weighted by Crippen LogP contribution is 2.37. The molecule has 31 heavy (non-hydrogen) atoms. The summed E-state index contributed by atoms with van der Waals surface area (Å²) in [6.45, 7) is 6.34. The summed E-state index contributed by atoms with van der Waals surface area (Å²) in [6, 6.07) is 8.57. The number of ether oxygens (including phenoxy) is 2. The maximum Gasteiger partial charge on any atom is 0.222 e. The molecule has 2 saturated heterocycles. The van der Waals surface area contributed by atoms with Gasteiger partial charge in [0.25, 0.3) is 0 Å². The molecule has 1 aromatic rings. The van der Waals surface area contributed by atoms with E-state index < -0.39 is 0 Å². The number of carbonyl (C=O) groups excluding carboxylic acids is 1. The predicted octanol–water partition coefficient (Wildman–Crippen LogP) is 3.20. The molecule has 2 heterocycles. The molecule has 2 aliphatic heterocycles. The van der Waals surface area contributed by atoms with Gasteiger partial charge in [-0.2, -0.15) is 0 Å². The first-order chi connectivity index (χ1) is 15.2. The zero-order chi connectivity index (χ0) is 21.5. The molecule has 1 aliphatic carbocycles. The molecule has 1 aromatic carbocycles. The van der Waals surface area contributed by atoms with Gasteiger partial charge < -0.3 is 19.7 Å². The Balaban J connectivity index is 1.33. The Hall–Kier alpha value is -1.63. The van der Waals surface area contributed by atoms with E-state index in [-0.39, 0.29) is 5.54 Å². The average molecular weight is 430 g/mol. The summed E-state index contributed by atoms with van der Waals surface area (Å²) in [5.41, 5.74) is 1.39. The van der Waals surface area contributed by atoms with Crippen LogP contribution in [-0.2, 0) is 16.1 Å². The van der Waals surface area contributed by atoms with Crippen molar-refractivity contribution >= 4 is 5.91 Å². The van der Waals surface area contributed by atoms with Crippen molar-refractivity contribution in [2.75, 3.05) is 46.5 Å². The number of likely N-dealkylation sites (tertiary alicyclic amines) is 1. The van der Waals surface area contributed by atoms with Crippen LogP contribution in [0.15, 0.2) is 24.3 Å². The minimum absolute atomic E-state index is 0.161. The van der Waals surface area contributed by atoms with Crippen molar-refractivity contribution in [3.63, 3.8) is 0 Å². The van der Waals surface area contributed by atoms with Gasteiger partial charge in [-0.05, 0) is 49.9 Å². The number of hydrogen-bond acceptors (Lipinski definition) is 5. The molecular weight excluding hydrogens is 390 g/mol. The first-order valence-electron chi connectivity index (χ1n) is 12.2. The highest BCUT2D eigenvalue weighted by atomic mass is 16.5. The molecule has 1 amide bonds. The maximum atomic E-state index is 12.9. The molecular formula is C25H39N3O3. The number of hydrogen-bond donors (Lipinski definition) is 1. The van der Waals surface area contributed by atoms with Gasteiger partial charge in [0.15, 0.2) is 0 Å². The van der Waals surface area contributed by atoms with E-state index in [0.717, 1.165) is 64.5 Å². The van der Waals surface area contributed by atoms with Crippen molar-refractivity contribution in [3.8, 4) is 5.75 Å². The van der Waals surface area contributed by atoms with E-state index in [9.17, 15) is 4.79 Å². The minimum Gasteiger partial charge on any atom is -0.497 e. The van der Waals surface area contributed by atoms with Gasteiger partial charge >= 0.3 is 0 Å². The molecule has 3 aliphatic rings. The lowest BCUT2D eigenvalue weighted by molar-refractivity contribution is -0.133. The Morgan fingerprint density at radius 2 is 2.00 bits per heavy atom. The number of methoxy groups -OCH3 is 1. The van der Waals surface area contributed by atoms with Crippen LogP contribution in [0.1, 0.15) is 56.9 Å². The fraction of sp³-hybridized carbons (Fsp3) is 0.720. The molecule has 0 bridgehead atoms. The molecule has 6 nitrogen and oxygen atoms in total. The third kappa shape index (κ3) is 5.60. The van der Waals surface area contributed by atoms with E-state index in [0.29, 0.717) is 18.4 Å². The number of rotatable bonds is 9. The van der Waals surface area contributed by atoms with Crippen molar-refractivity contribution in [1.82, 2.24) is 15.1 Å². The molecule has 0 aromatic heterocycles. The second-order valence-corrected chi connectivity index (χ2v) is 9.42. The molecule has 0 spiro atoms. The number of nitrogens with one attached hydrogen (secondary N) is 1. The monoisotopic (exact) mass is 429 g/mol. The van der Waals surface area contributed by atoms with Crippen LogP contribution in [0.25, 0.3) is 0 Å². The van der Waals surface area contributed by atoms with Gasteiger partial charge in [0.1, 0.15) is 5.75 Å². The number of amides is 1. The zero-order valence-corrected chi connectivity index (χ0v) is 19.1. The third-order valence-corrected chi connectivity index (χ3v) is 7.50. The lowest BCUT2D eigenvalue weighted by Gasteiger charge is -2.50. The van der Waals surface area contributed by atoms with Gasteiger partial charge in [-0.25, -0.2) is 0 Å². The SMILES string of the molecule is COc1cccc(CNCC[C@@H]2CCC(=O)N2CC2(N3CCOCC3)CCCCC2)c1. The van der Waals surface area contributed by atoms with Crippen molar-refractivity contribution < 1.29 is 14.3 Å². The standard InChI is InChI=1S/C25H39N3O3/c1-30-23-7-5-6-21(18-23)19-26-13-10-22-8-9-24(29)28(22)20-25(11-3-2-4-12-25)27-14-16-31-17-15-27/h5-7,18,22,26H,2-4,8-17,19-20H2,1H3/t22-/m0/s1. The lowest BCUT2D eigenvalue weighted by atomic mass is 9.79. The second kappa shape index (κ2) is 10.8. The zero-order valence-electron chi connectivity index (χ0n) is 19.1. The Labute approximate surface area is 187 Å². The molecule has 0 unspecified atom stereocenters. The Bertz CT molecular complexity index is 714. The van der Waals surface area contributed by atoms with Crippen LogP contribution in [0.3, 0.4) is 0 Å². The second-order valence-electron chi connectivity index (χ2n) is 9.42. The van der Waals surface area contributed by atoms with E-state index in [1.54, 1.807) is 7.11 Å².